The Labute approximate surface area is 116 Å². The number of amides is 1. The molecule has 2 aliphatic rings. The van der Waals surface area contributed by atoms with Gasteiger partial charge in [0.1, 0.15) is 0 Å². The third-order valence-electron chi connectivity index (χ3n) is 4.32. The van der Waals surface area contributed by atoms with Crippen LogP contribution in [0.25, 0.3) is 0 Å². The summed E-state index contributed by atoms with van der Waals surface area (Å²) in [5.41, 5.74) is -0.244. The van der Waals surface area contributed by atoms with Crippen molar-refractivity contribution in [2.45, 2.75) is 64.6 Å². The number of hydrogen-bond donors (Lipinski definition) is 1. The van der Waals surface area contributed by atoms with Crippen LogP contribution in [0.3, 0.4) is 0 Å². The van der Waals surface area contributed by atoms with Gasteiger partial charge in [-0.2, -0.15) is 0 Å². The van der Waals surface area contributed by atoms with Crippen molar-refractivity contribution < 1.29 is 9.53 Å². The fourth-order valence-electron chi connectivity index (χ4n) is 3.41. The summed E-state index contributed by atoms with van der Waals surface area (Å²) in [5.74, 6) is 0.909. The van der Waals surface area contributed by atoms with E-state index in [1.165, 1.54) is 12.8 Å². The summed E-state index contributed by atoms with van der Waals surface area (Å²) in [7, 11) is 0. The van der Waals surface area contributed by atoms with Crippen molar-refractivity contribution in [1.82, 2.24) is 10.2 Å². The summed E-state index contributed by atoms with van der Waals surface area (Å²) in [4.78, 5) is 14.8. The molecule has 1 atom stereocenters. The highest BCUT2D eigenvalue weighted by atomic mass is 16.5. The van der Waals surface area contributed by atoms with Crippen molar-refractivity contribution in [1.29, 1.82) is 0 Å². The van der Waals surface area contributed by atoms with E-state index in [1.54, 1.807) is 0 Å². The van der Waals surface area contributed by atoms with Crippen LogP contribution in [-0.2, 0) is 9.53 Å². The number of ether oxygens (including phenoxy) is 1. The van der Waals surface area contributed by atoms with Gasteiger partial charge in [-0.15, -0.1) is 0 Å². The Kier molecular flexibility index (Phi) is 4.85. The first-order chi connectivity index (χ1) is 9.09. The van der Waals surface area contributed by atoms with Crippen LogP contribution in [0.5, 0.6) is 0 Å². The SMILES string of the molecule is CCOCCN1C(=O)C2(CCCC2)NC1CC(C)C. The second-order valence-corrected chi connectivity index (χ2v) is 6.27. The van der Waals surface area contributed by atoms with E-state index in [4.69, 9.17) is 4.74 Å². The van der Waals surface area contributed by atoms with E-state index >= 15 is 0 Å². The fourth-order valence-corrected chi connectivity index (χ4v) is 3.41. The maximum atomic E-state index is 12.7. The Morgan fingerprint density at radius 2 is 2.11 bits per heavy atom. The van der Waals surface area contributed by atoms with Crippen LogP contribution in [0.2, 0.25) is 0 Å². The van der Waals surface area contributed by atoms with E-state index < -0.39 is 0 Å². The highest BCUT2D eigenvalue weighted by molar-refractivity contribution is 5.89. The first-order valence-electron chi connectivity index (χ1n) is 7.75. The van der Waals surface area contributed by atoms with Gasteiger partial charge in [-0.25, -0.2) is 0 Å². The van der Waals surface area contributed by atoms with Crippen molar-refractivity contribution in [3.63, 3.8) is 0 Å². The lowest BCUT2D eigenvalue weighted by Crippen LogP contribution is -2.44. The van der Waals surface area contributed by atoms with Crippen molar-refractivity contribution in [2.24, 2.45) is 5.92 Å². The smallest absolute Gasteiger partial charge is 0.244 e. The molecule has 19 heavy (non-hydrogen) atoms. The Balaban J connectivity index is 2.04. The minimum absolute atomic E-state index is 0.200. The molecule has 1 heterocycles. The zero-order valence-corrected chi connectivity index (χ0v) is 12.6. The van der Waals surface area contributed by atoms with Crippen LogP contribution in [0.15, 0.2) is 0 Å². The maximum absolute atomic E-state index is 12.7. The molecule has 2 rings (SSSR count). The summed E-state index contributed by atoms with van der Waals surface area (Å²) in [6, 6.07) is 0. The van der Waals surface area contributed by atoms with Crippen LogP contribution in [-0.4, -0.2) is 42.3 Å². The monoisotopic (exact) mass is 268 g/mol. The Hall–Kier alpha value is -0.610. The molecule has 0 aromatic rings. The van der Waals surface area contributed by atoms with Gasteiger partial charge in [-0.3, -0.25) is 10.1 Å². The van der Waals surface area contributed by atoms with Gasteiger partial charge in [0, 0.05) is 13.2 Å². The average molecular weight is 268 g/mol. The van der Waals surface area contributed by atoms with Crippen LogP contribution >= 0.6 is 0 Å². The molecule has 4 heteroatoms. The van der Waals surface area contributed by atoms with Gasteiger partial charge in [-0.05, 0) is 32.1 Å². The van der Waals surface area contributed by atoms with Gasteiger partial charge in [0.25, 0.3) is 0 Å². The largest absolute Gasteiger partial charge is 0.380 e. The molecular weight excluding hydrogens is 240 g/mol. The van der Waals surface area contributed by atoms with Gasteiger partial charge < -0.3 is 9.64 Å². The van der Waals surface area contributed by atoms with Crippen LogP contribution in [0.4, 0.5) is 0 Å². The third-order valence-corrected chi connectivity index (χ3v) is 4.32. The van der Waals surface area contributed by atoms with Gasteiger partial charge in [-0.1, -0.05) is 26.7 Å². The average Bonchev–Trinajstić information content (AvgIpc) is 2.90. The molecule has 0 aromatic heterocycles. The van der Waals surface area contributed by atoms with Crippen molar-refractivity contribution in [3.8, 4) is 0 Å². The lowest BCUT2D eigenvalue weighted by molar-refractivity contribution is -0.134. The molecule has 1 amide bonds. The molecule has 2 fully saturated rings. The maximum Gasteiger partial charge on any atom is 0.244 e. The van der Waals surface area contributed by atoms with Crippen LogP contribution in [0, 0.1) is 5.92 Å². The summed E-state index contributed by atoms with van der Waals surface area (Å²) < 4.78 is 5.43. The molecule has 1 aliphatic heterocycles. The third kappa shape index (κ3) is 3.11. The first-order valence-corrected chi connectivity index (χ1v) is 7.75. The van der Waals surface area contributed by atoms with Gasteiger partial charge in [0.2, 0.25) is 5.91 Å². The van der Waals surface area contributed by atoms with E-state index in [2.05, 4.69) is 19.2 Å². The highest BCUT2D eigenvalue weighted by Gasteiger charge is 2.51. The van der Waals surface area contributed by atoms with Crippen LogP contribution < -0.4 is 5.32 Å². The van der Waals surface area contributed by atoms with Gasteiger partial charge in [0.15, 0.2) is 0 Å². The molecular formula is C15H28N2O2. The van der Waals surface area contributed by atoms with Crippen molar-refractivity contribution in [2.75, 3.05) is 19.8 Å². The summed E-state index contributed by atoms with van der Waals surface area (Å²) in [6.45, 7) is 8.51. The molecule has 1 aliphatic carbocycles. The summed E-state index contributed by atoms with van der Waals surface area (Å²) in [6.07, 6.45) is 5.58. The minimum Gasteiger partial charge on any atom is -0.380 e. The Morgan fingerprint density at radius 1 is 1.42 bits per heavy atom. The van der Waals surface area contributed by atoms with Gasteiger partial charge >= 0.3 is 0 Å². The predicted molar refractivity (Wildman–Crippen MR) is 75.8 cm³/mol. The lowest BCUT2D eigenvalue weighted by Gasteiger charge is -2.25. The van der Waals surface area contributed by atoms with Crippen molar-refractivity contribution in [3.05, 3.63) is 0 Å². The number of carbonyl (C=O) groups excluding carboxylic acids is 1. The zero-order chi connectivity index (χ0) is 13.9. The molecule has 4 nitrogen and oxygen atoms in total. The van der Waals surface area contributed by atoms with E-state index in [-0.39, 0.29) is 11.7 Å². The van der Waals surface area contributed by atoms with E-state index in [1.807, 2.05) is 11.8 Å². The molecule has 0 bridgehead atoms. The second kappa shape index (κ2) is 6.23. The number of hydrogen-bond acceptors (Lipinski definition) is 3. The van der Waals surface area contributed by atoms with Crippen LogP contribution in [0.1, 0.15) is 52.9 Å². The van der Waals surface area contributed by atoms with E-state index in [9.17, 15) is 4.79 Å². The lowest BCUT2D eigenvalue weighted by atomic mass is 9.98. The second-order valence-electron chi connectivity index (χ2n) is 6.27. The molecule has 1 unspecified atom stereocenters. The van der Waals surface area contributed by atoms with E-state index in [0.717, 1.165) is 32.4 Å². The Bertz CT molecular complexity index is 311. The fraction of sp³-hybridized carbons (Fsp3) is 0.933. The van der Waals surface area contributed by atoms with Crippen molar-refractivity contribution >= 4 is 5.91 Å². The molecule has 1 saturated heterocycles. The minimum atomic E-state index is -0.244. The molecule has 0 aromatic carbocycles. The normalized spacial score (nSPS) is 26.0. The Morgan fingerprint density at radius 3 is 2.68 bits per heavy atom. The first kappa shape index (κ1) is 14.8. The summed E-state index contributed by atoms with van der Waals surface area (Å²) in [5, 5.41) is 3.65. The topological polar surface area (TPSA) is 41.6 Å². The number of nitrogens with zero attached hydrogens (tertiary/aromatic N) is 1. The molecule has 0 radical (unpaired) electrons. The molecule has 110 valence electrons. The standard InChI is InChI=1S/C15H28N2O2/c1-4-19-10-9-17-13(11-12(2)3)16-15(14(17)18)7-5-6-8-15/h12-13,16H,4-11H2,1-3H3. The number of nitrogens with one attached hydrogen (secondary N) is 1. The summed E-state index contributed by atoms with van der Waals surface area (Å²) >= 11 is 0. The predicted octanol–water partition coefficient (Wildman–Crippen LogP) is 2.14. The number of carbonyl (C=O) groups is 1. The highest BCUT2D eigenvalue weighted by Crippen LogP contribution is 2.37. The van der Waals surface area contributed by atoms with E-state index in [0.29, 0.717) is 18.4 Å². The van der Waals surface area contributed by atoms with Gasteiger partial charge in [0.05, 0.1) is 18.3 Å². The zero-order valence-electron chi connectivity index (χ0n) is 12.6. The molecule has 1 spiro atoms. The molecule has 1 saturated carbocycles. The number of rotatable bonds is 6. The molecule has 1 N–H and O–H groups in total. The quantitative estimate of drug-likeness (QED) is 0.750.